The van der Waals surface area contributed by atoms with Gasteiger partial charge in [0, 0.05) is 5.56 Å². The lowest BCUT2D eigenvalue weighted by molar-refractivity contribution is 0.439. The van der Waals surface area contributed by atoms with Crippen molar-refractivity contribution in [2.24, 2.45) is 0 Å². The molecule has 0 fully saturated rings. The van der Waals surface area contributed by atoms with E-state index in [1.165, 1.54) is 6.07 Å². The van der Waals surface area contributed by atoms with Gasteiger partial charge in [-0.15, -0.1) is 0 Å². The van der Waals surface area contributed by atoms with E-state index in [9.17, 15) is 4.39 Å². The molecule has 0 atom stereocenters. The molecule has 0 radical (unpaired) electrons. The average Bonchev–Trinajstić information content (AvgIpc) is 2.84. The molecule has 0 aliphatic heterocycles. The van der Waals surface area contributed by atoms with Crippen LogP contribution >= 0.6 is 15.9 Å². The maximum absolute atomic E-state index is 13.7. The van der Waals surface area contributed by atoms with Crippen molar-refractivity contribution >= 4 is 21.8 Å². The van der Waals surface area contributed by atoms with Crippen molar-refractivity contribution in [3.8, 4) is 22.4 Å². The summed E-state index contributed by atoms with van der Waals surface area (Å²) in [6.45, 7) is 1.99. The first-order valence-electron chi connectivity index (χ1n) is 6.34. The summed E-state index contributed by atoms with van der Waals surface area (Å²) in [4.78, 5) is 0. The van der Waals surface area contributed by atoms with Crippen LogP contribution in [0.25, 0.3) is 22.4 Å². The molecule has 106 valence electrons. The number of hydrogen-bond acceptors (Lipinski definition) is 3. The summed E-state index contributed by atoms with van der Waals surface area (Å²) in [7, 11) is 0. The van der Waals surface area contributed by atoms with Crippen LogP contribution in [0.15, 0.2) is 51.5 Å². The number of nitrogens with two attached hydrogens (primary N) is 1. The van der Waals surface area contributed by atoms with Gasteiger partial charge < -0.3 is 10.3 Å². The second-order valence-corrected chi connectivity index (χ2v) is 5.62. The molecule has 3 rings (SSSR count). The number of nitrogens with zero attached hydrogens (tertiary/aromatic N) is 1. The van der Waals surface area contributed by atoms with Crippen molar-refractivity contribution in [2.45, 2.75) is 6.92 Å². The molecule has 0 saturated heterocycles. The second kappa shape index (κ2) is 5.33. The van der Waals surface area contributed by atoms with Crippen LogP contribution in [0.4, 0.5) is 10.3 Å². The van der Waals surface area contributed by atoms with E-state index in [1.807, 2.05) is 31.2 Å². The Balaban J connectivity index is 2.19. The van der Waals surface area contributed by atoms with E-state index in [-0.39, 0.29) is 11.7 Å². The van der Waals surface area contributed by atoms with Gasteiger partial charge in [-0.1, -0.05) is 41.1 Å². The smallest absolute Gasteiger partial charge is 0.230 e. The first kappa shape index (κ1) is 13.8. The summed E-state index contributed by atoms with van der Waals surface area (Å²) in [5.74, 6) is -0.136. The quantitative estimate of drug-likeness (QED) is 0.724. The van der Waals surface area contributed by atoms with E-state index in [0.717, 1.165) is 11.1 Å². The van der Waals surface area contributed by atoms with Gasteiger partial charge in [0.1, 0.15) is 11.5 Å². The number of aromatic nitrogens is 1. The van der Waals surface area contributed by atoms with Gasteiger partial charge in [0.05, 0.1) is 10.0 Å². The number of rotatable bonds is 2. The van der Waals surface area contributed by atoms with Gasteiger partial charge in [0.15, 0.2) is 0 Å². The van der Waals surface area contributed by atoms with Crippen molar-refractivity contribution in [3.63, 3.8) is 0 Å². The topological polar surface area (TPSA) is 52.0 Å². The lowest BCUT2D eigenvalue weighted by atomic mass is 9.99. The fourth-order valence-electron chi connectivity index (χ4n) is 2.22. The Kier molecular flexibility index (Phi) is 3.51. The summed E-state index contributed by atoms with van der Waals surface area (Å²) in [5, 5.41) is 3.98. The summed E-state index contributed by atoms with van der Waals surface area (Å²) >= 11 is 3.14. The van der Waals surface area contributed by atoms with E-state index in [4.69, 9.17) is 10.3 Å². The number of hydrogen-bond donors (Lipinski definition) is 1. The van der Waals surface area contributed by atoms with E-state index >= 15 is 0 Å². The molecule has 0 bridgehead atoms. The van der Waals surface area contributed by atoms with Crippen LogP contribution in [0.3, 0.4) is 0 Å². The summed E-state index contributed by atoms with van der Waals surface area (Å²) in [6.07, 6.45) is 0. The molecule has 0 aliphatic carbocycles. The molecule has 21 heavy (non-hydrogen) atoms. The van der Waals surface area contributed by atoms with Crippen LogP contribution in [0.1, 0.15) is 5.56 Å². The predicted octanol–water partition coefficient (Wildman–Crippen LogP) is 4.80. The number of aryl methyl sites for hydroxylation is 1. The van der Waals surface area contributed by atoms with Crippen molar-refractivity contribution in [1.29, 1.82) is 0 Å². The average molecular weight is 347 g/mol. The van der Waals surface area contributed by atoms with Crippen molar-refractivity contribution in [2.75, 3.05) is 5.73 Å². The highest BCUT2D eigenvalue weighted by Gasteiger charge is 2.18. The van der Waals surface area contributed by atoms with Gasteiger partial charge in [-0.2, -0.15) is 0 Å². The van der Waals surface area contributed by atoms with Gasteiger partial charge in [-0.05, 0) is 40.5 Å². The van der Waals surface area contributed by atoms with Gasteiger partial charge in [-0.3, -0.25) is 0 Å². The van der Waals surface area contributed by atoms with Gasteiger partial charge in [0.25, 0.3) is 0 Å². The Bertz CT molecular complexity index is 814. The van der Waals surface area contributed by atoms with Gasteiger partial charge >= 0.3 is 0 Å². The fraction of sp³-hybridized carbons (Fsp3) is 0.0625. The van der Waals surface area contributed by atoms with E-state index in [0.29, 0.717) is 21.3 Å². The normalized spacial score (nSPS) is 10.8. The van der Waals surface area contributed by atoms with Gasteiger partial charge in [-0.25, -0.2) is 4.39 Å². The molecule has 0 spiro atoms. The molecule has 0 saturated carbocycles. The molecule has 5 heteroatoms. The molecule has 0 amide bonds. The van der Waals surface area contributed by atoms with Crippen LogP contribution in [0.2, 0.25) is 0 Å². The first-order valence-corrected chi connectivity index (χ1v) is 7.13. The zero-order valence-corrected chi connectivity index (χ0v) is 12.8. The summed E-state index contributed by atoms with van der Waals surface area (Å²) in [6, 6.07) is 12.6. The minimum atomic E-state index is -0.357. The molecule has 3 nitrogen and oxygen atoms in total. The van der Waals surface area contributed by atoms with Crippen LogP contribution in [-0.2, 0) is 0 Å². The monoisotopic (exact) mass is 346 g/mol. The van der Waals surface area contributed by atoms with E-state index in [2.05, 4.69) is 21.1 Å². The molecule has 2 aromatic carbocycles. The second-order valence-electron chi connectivity index (χ2n) is 4.77. The summed E-state index contributed by atoms with van der Waals surface area (Å²) in [5.41, 5.74) is 9.72. The van der Waals surface area contributed by atoms with Crippen molar-refractivity contribution < 1.29 is 8.91 Å². The van der Waals surface area contributed by atoms with Crippen molar-refractivity contribution in [3.05, 3.63) is 58.3 Å². The number of benzene rings is 2. The van der Waals surface area contributed by atoms with Crippen LogP contribution < -0.4 is 5.73 Å². The Morgan fingerprint density at radius 3 is 2.67 bits per heavy atom. The molecule has 1 aromatic heterocycles. The Labute approximate surface area is 129 Å². The maximum atomic E-state index is 13.7. The third-order valence-corrected chi connectivity index (χ3v) is 3.86. The minimum absolute atomic E-state index is 0.221. The van der Waals surface area contributed by atoms with Gasteiger partial charge in [0.2, 0.25) is 5.88 Å². The maximum Gasteiger partial charge on any atom is 0.230 e. The third kappa shape index (κ3) is 2.56. The van der Waals surface area contributed by atoms with E-state index < -0.39 is 0 Å². The largest absolute Gasteiger partial charge is 0.367 e. The molecule has 0 unspecified atom stereocenters. The zero-order chi connectivity index (χ0) is 15.0. The Morgan fingerprint density at radius 1 is 1.14 bits per heavy atom. The predicted molar refractivity (Wildman–Crippen MR) is 84.2 cm³/mol. The highest BCUT2D eigenvalue weighted by Crippen LogP contribution is 2.37. The SMILES string of the molecule is Cc1cccc(-c2c(-c3ccc(Br)c(F)c3)noc2N)c1. The lowest BCUT2D eigenvalue weighted by Gasteiger charge is -2.05. The highest BCUT2D eigenvalue weighted by atomic mass is 79.9. The fourth-order valence-corrected chi connectivity index (χ4v) is 2.47. The van der Waals surface area contributed by atoms with Crippen LogP contribution in [-0.4, -0.2) is 5.16 Å². The molecule has 2 N–H and O–H groups in total. The Hall–Kier alpha value is -2.14. The number of halogens is 2. The Morgan fingerprint density at radius 2 is 1.95 bits per heavy atom. The van der Waals surface area contributed by atoms with Crippen molar-refractivity contribution in [1.82, 2.24) is 5.16 Å². The number of anilines is 1. The molecule has 3 aromatic rings. The van der Waals surface area contributed by atoms with E-state index in [1.54, 1.807) is 12.1 Å². The van der Waals surface area contributed by atoms with Crippen LogP contribution in [0, 0.1) is 12.7 Å². The molecular formula is C16H12BrFN2O. The molecule has 0 aliphatic rings. The standard InChI is InChI=1S/C16H12BrFN2O/c1-9-3-2-4-10(7-9)14-15(20-21-16(14)19)11-5-6-12(17)13(18)8-11/h2-8H,19H2,1H3. The zero-order valence-electron chi connectivity index (χ0n) is 11.2. The minimum Gasteiger partial charge on any atom is -0.367 e. The number of nitrogen functional groups attached to an aromatic ring is 1. The first-order chi connectivity index (χ1) is 10.1. The molecular weight excluding hydrogens is 335 g/mol. The lowest BCUT2D eigenvalue weighted by Crippen LogP contribution is -1.89. The highest BCUT2D eigenvalue weighted by molar-refractivity contribution is 9.10. The third-order valence-electron chi connectivity index (χ3n) is 3.22. The summed E-state index contributed by atoms with van der Waals surface area (Å²) < 4.78 is 19.2. The van der Waals surface area contributed by atoms with Crippen LogP contribution in [0.5, 0.6) is 0 Å². The molecule has 1 heterocycles.